The molecule has 0 aromatic heterocycles. The first-order valence-electron chi connectivity index (χ1n) is 3.05. The lowest BCUT2D eigenvalue weighted by Crippen LogP contribution is -2.04. The van der Waals surface area contributed by atoms with E-state index in [0.29, 0.717) is 6.07 Å². The number of aromatic carboxylic acids is 1. The molecular formula is C7H3F3O3. The molecule has 2 N–H and O–H groups in total. The number of benzene rings is 1. The average Bonchev–Trinajstić information content (AvgIpc) is 2.07. The van der Waals surface area contributed by atoms with E-state index < -0.39 is 34.7 Å². The van der Waals surface area contributed by atoms with E-state index in [1.165, 1.54) is 0 Å². The Morgan fingerprint density at radius 3 is 2.15 bits per heavy atom. The zero-order valence-electron chi connectivity index (χ0n) is 6.01. The quantitative estimate of drug-likeness (QED) is 0.663. The molecule has 0 fully saturated rings. The van der Waals surface area contributed by atoms with Crippen LogP contribution in [0, 0.1) is 17.5 Å². The Balaban J connectivity index is 3.50. The summed E-state index contributed by atoms with van der Waals surface area (Å²) in [5, 5.41) is 16.9. The summed E-state index contributed by atoms with van der Waals surface area (Å²) in [6, 6.07) is 0.302. The Morgan fingerprint density at radius 2 is 1.69 bits per heavy atom. The van der Waals surface area contributed by atoms with Crippen molar-refractivity contribution in [1.29, 1.82) is 0 Å². The van der Waals surface area contributed by atoms with Crippen LogP contribution in [0.1, 0.15) is 10.4 Å². The summed E-state index contributed by atoms with van der Waals surface area (Å²) in [4.78, 5) is 10.2. The fraction of sp³-hybridized carbons (Fsp3) is 0. The van der Waals surface area contributed by atoms with Crippen molar-refractivity contribution in [1.82, 2.24) is 0 Å². The van der Waals surface area contributed by atoms with Gasteiger partial charge in [0.15, 0.2) is 17.4 Å². The lowest BCUT2D eigenvalue weighted by atomic mass is 10.2. The molecule has 0 spiro atoms. The van der Waals surface area contributed by atoms with Crippen LogP contribution < -0.4 is 0 Å². The van der Waals surface area contributed by atoms with Gasteiger partial charge in [-0.05, 0) is 0 Å². The third kappa shape index (κ3) is 1.42. The predicted molar refractivity (Wildman–Crippen MR) is 34.9 cm³/mol. The standard InChI is InChI=1S/C7H3F3O3/c8-4-2(7(12)13)1-3(11)5(9)6(4)10/h1,11H,(H,12,13). The number of aromatic hydroxyl groups is 1. The van der Waals surface area contributed by atoms with Gasteiger partial charge in [-0.2, -0.15) is 4.39 Å². The van der Waals surface area contributed by atoms with Crippen molar-refractivity contribution in [3.05, 3.63) is 29.1 Å². The second kappa shape index (κ2) is 2.96. The van der Waals surface area contributed by atoms with Gasteiger partial charge in [-0.25, -0.2) is 13.6 Å². The van der Waals surface area contributed by atoms with Crippen molar-refractivity contribution in [2.75, 3.05) is 0 Å². The van der Waals surface area contributed by atoms with Crippen LogP contribution in [-0.4, -0.2) is 16.2 Å². The normalized spacial score (nSPS) is 10.1. The molecule has 1 aromatic rings. The highest BCUT2D eigenvalue weighted by atomic mass is 19.2. The molecule has 0 atom stereocenters. The Morgan fingerprint density at radius 1 is 1.15 bits per heavy atom. The first kappa shape index (κ1) is 9.37. The van der Waals surface area contributed by atoms with E-state index in [4.69, 9.17) is 10.2 Å². The summed E-state index contributed by atoms with van der Waals surface area (Å²) in [5.41, 5.74) is -1.11. The number of phenols is 1. The molecule has 0 aliphatic rings. The molecule has 0 unspecified atom stereocenters. The molecule has 0 amide bonds. The van der Waals surface area contributed by atoms with Gasteiger partial charge in [0, 0.05) is 6.07 Å². The second-order valence-electron chi connectivity index (χ2n) is 2.19. The third-order valence-electron chi connectivity index (χ3n) is 1.36. The summed E-state index contributed by atoms with van der Waals surface area (Å²) >= 11 is 0. The molecule has 1 rings (SSSR count). The van der Waals surface area contributed by atoms with Crippen LogP contribution in [0.3, 0.4) is 0 Å². The molecule has 0 radical (unpaired) electrons. The fourth-order valence-electron chi connectivity index (χ4n) is 0.746. The molecule has 70 valence electrons. The van der Waals surface area contributed by atoms with Gasteiger partial charge < -0.3 is 10.2 Å². The topological polar surface area (TPSA) is 57.5 Å². The van der Waals surface area contributed by atoms with Crippen LogP contribution in [-0.2, 0) is 0 Å². The summed E-state index contributed by atoms with van der Waals surface area (Å²) in [6.07, 6.45) is 0. The lowest BCUT2D eigenvalue weighted by molar-refractivity contribution is 0.0689. The Hall–Kier alpha value is -1.72. The van der Waals surface area contributed by atoms with Crippen molar-refractivity contribution < 1.29 is 28.2 Å². The van der Waals surface area contributed by atoms with Gasteiger partial charge >= 0.3 is 5.97 Å². The number of carboxylic acid groups (broad SMARTS) is 1. The molecule has 13 heavy (non-hydrogen) atoms. The Bertz CT molecular complexity index is 376. The number of hydrogen-bond acceptors (Lipinski definition) is 2. The minimum absolute atomic E-state index is 0.302. The van der Waals surface area contributed by atoms with Crippen molar-refractivity contribution in [3.8, 4) is 5.75 Å². The number of hydrogen-bond donors (Lipinski definition) is 2. The van der Waals surface area contributed by atoms with Gasteiger partial charge in [-0.3, -0.25) is 0 Å². The van der Waals surface area contributed by atoms with Crippen LogP contribution in [0.5, 0.6) is 5.75 Å². The van der Waals surface area contributed by atoms with Crippen molar-refractivity contribution in [3.63, 3.8) is 0 Å². The molecule has 0 heterocycles. The molecule has 3 nitrogen and oxygen atoms in total. The SMILES string of the molecule is O=C(O)c1cc(O)c(F)c(F)c1F. The molecule has 0 aliphatic carbocycles. The van der Waals surface area contributed by atoms with Gasteiger partial charge in [0.1, 0.15) is 5.56 Å². The Kier molecular flexibility index (Phi) is 2.14. The number of carbonyl (C=O) groups is 1. The molecule has 1 aromatic carbocycles. The van der Waals surface area contributed by atoms with E-state index in [1.54, 1.807) is 0 Å². The Labute approximate surface area is 70.0 Å². The number of carboxylic acids is 1. The van der Waals surface area contributed by atoms with E-state index in [9.17, 15) is 18.0 Å². The monoisotopic (exact) mass is 192 g/mol. The second-order valence-corrected chi connectivity index (χ2v) is 2.19. The van der Waals surface area contributed by atoms with Crippen LogP contribution in [0.4, 0.5) is 13.2 Å². The minimum atomic E-state index is -2.00. The minimum Gasteiger partial charge on any atom is -0.505 e. The molecular weight excluding hydrogens is 189 g/mol. The predicted octanol–water partition coefficient (Wildman–Crippen LogP) is 1.51. The first-order valence-corrected chi connectivity index (χ1v) is 3.05. The van der Waals surface area contributed by atoms with Crippen LogP contribution in [0.15, 0.2) is 6.07 Å². The molecule has 0 bridgehead atoms. The summed E-state index contributed by atoms with van der Waals surface area (Å²) < 4.78 is 37.4. The number of halogens is 3. The van der Waals surface area contributed by atoms with E-state index in [1.807, 2.05) is 0 Å². The maximum Gasteiger partial charge on any atom is 0.338 e. The van der Waals surface area contributed by atoms with Crippen LogP contribution in [0.2, 0.25) is 0 Å². The van der Waals surface area contributed by atoms with Crippen LogP contribution >= 0.6 is 0 Å². The van der Waals surface area contributed by atoms with Crippen molar-refractivity contribution in [2.45, 2.75) is 0 Å². The molecule has 0 saturated heterocycles. The third-order valence-corrected chi connectivity index (χ3v) is 1.36. The molecule has 0 saturated carbocycles. The van der Waals surface area contributed by atoms with Crippen LogP contribution in [0.25, 0.3) is 0 Å². The summed E-state index contributed by atoms with van der Waals surface area (Å²) in [7, 11) is 0. The van der Waals surface area contributed by atoms with E-state index >= 15 is 0 Å². The van der Waals surface area contributed by atoms with Gasteiger partial charge in [-0.15, -0.1) is 0 Å². The number of rotatable bonds is 1. The van der Waals surface area contributed by atoms with E-state index in [0.717, 1.165) is 0 Å². The average molecular weight is 192 g/mol. The van der Waals surface area contributed by atoms with Crippen molar-refractivity contribution in [2.24, 2.45) is 0 Å². The summed E-state index contributed by atoms with van der Waals surface area (Å²) in [6.45, 7) is 0. The molecule has 0 aliphatic heterocycles. The zero-order chi connectivity index (χ0) is 10.2. The maximum absolute atomic E-state index is 12.6. The fourth-order valence-corrected chi connectivity index (χ4v) is 0.746. The van der Waals surface area contributed by atoms with Gasteiger partial charge in [-0.1, -0.05) is 0 Å². The number of phenolic OH excluding ortho intramolecular Hbond substituents is 1. The van der Waals surface area contributed by atoms with Gasteiger partial charge in [0.05, 0.1) is 0 Å². The van der Waals surface area contributed by atoms with Crippen molar-refractivity contribution >= 4 is 5.97 Å². The highest BCUT2D eigenvalue weighted by Crippen LogP contribution is 2.23. The van der Waals surface area contributed by atoms with Gasteiger partial charge in [0.2, 0.25) is 5.82 Å². The highest BCUT2D eigenvalue weighted by molar-refractivity contribution is 5.88. The highest BCUT2D eigenvalue weighted by Gasteiger charge is 2.21. The lowest BCUT2D eigenvalue weighted by Gasteiger charge is -2.01. The largest absolute Gasteiger partial charge is 0.505 e. The van der Waals surface area contributed by atoms with Gasteiger partial charge in [0.25, 0.3) is 0 Å². The van der Waals surface area contributed by atoms with E-state index in [2.05, 4.69) is 0 Å². The summed E-state index contributed by atoms with van der Waals surface area (Å²) in [5.74, 6) is -8.66. The van der Waals surface area contributed by atoms with E-state index in [-0.39, 0.29) is 0 Å². The smallest absolute Gasteiger partial charge is 0.338 e. The maximum atomic E-state index is 12.6. The molecule has 6 heteroatoms. The zero-order valence-corrected chi connectivity index (χ0v) is 6.01. The first-order chi connectivity index (χ1) is 5.95.